The number of hydrogen-bond donors (Lipinski definition) is 1. The van der Waals surface area contributed by atoms with E-state index in [9.17, 15) is 14.9 Å². The summed E-state index contributed by atoms with van der Waals surface area (Å²) in [6.07, 6.45) is 0. The first-order valence-electron chi connectivity index (χ1n) is 5.25. The molecule has 0 spiro atoms. The molecule has 0 amide bonds. The van der Waals surface area contributed by atoms with E-state index in [0.29, 0.717) is 21.6 Å². The summed E-state index contributed by atoms with van der Waals surface area (Å²) >= 11 is 4.33. The van der Waals surface area contributed by atoms with Gasteiger partial charge in [0.2, 0.25) is 0 Å². The largest absolute Gasteiger partial charge is 0.289 e. The predicted octanol–water partition coefficient (Wildman–Crippen LogP) is 3.09. The number of non-ortho nitro benzene ring substituents is 1. The molecule has 5 heteroatoms. The minimum Gasteiger partial charge on any atom is -0.289 e. The molecule has 0 saturated heterocycles. The van der Waals surface area contributed by atoms with Gasteiger partial charge in [0, 0.05) is 33.7 Å². The maximum atomic E-state index is 12.2. The molecule has 0 aliphatic heterocycles. The fraction of sp³-hybridized carbons (Fsp3) is 0. The summed E-state index contributed by atoms with van der Waals surface area (Å²) in [5.41, 5.74) is 2.33. The van der Waals surface area contributed by atoms with E-state index in [1.54, 1.807) is 24.3 Å². The van der Waals surface area contributed by atoms with Gasteiger partial charge >= 0.3 is 0 Å². The Morgan fingerprint density at radius 2 is 1.83 bits per heavy atom. The summed E-state index contributed by atoms with van der Waals surface area (Å²) in [5, 5.41) is 10.7. The molecule has 2 aromatic carbocycles. The second-order valence-corrected chi connectivity index (χ2v) is 4.50. The zero-order chi connectivity index (χ0) is 12.9. The van der Waals surface area contributed by atoms with Crippen molar-refractivity contribution in [1.29, 1.82) is 0 Å². The first-order chi connectivity index (χ1) is 8.59. The van der Waals surface area contributed by atoms with Gasteiger partial charge in [-0.05, 0) is 17.7 Å². The molecule has 1 aliphatic rings. The lowest BCUT2D eigenvalue weighted by Crippen LogP contribution is -1.96. The molecule has 0 saturated carbocycles. The van der Waals surface area contributed by atoms with E-state index < -0.39 is 4.92 Å². The van der Waals surface area contributed by atoms with E-state index in [1.165, 1.54) is 12.1 Å². The van der Waals surface area contributed by atoms with Crippen LogP contribution in [0.3, 0.4) is 0 Å². The molecule has 0 bridgehead atoms. The highest BCUT2D eigenvalue weighted by atomic mass is 32.1. The number of rotatable bonds is 1. The maximum Gasteiger partial charge on any atom is 0.270 e. The molecule has 88 valence electrons. The topological polar surface area (TPSA) is 60.2 Å². The molecule has 0 unspecified atom stereocenters. The van der Waals surface area contributed by atoms with E-state index in [0.717, 1.165) is 5.56 Å². The van der Waals surface area contributed by atoms with Crippen LogP contribution in [0.15, 0.2) is 41.3 Å². The highest BCUT2D eigenvalue weighted by Gasteiger charge is 2.29. The van der Waals surface area contributed by atoms with Crippen LogP contribution in [0.1, 0.15) is 15.9 Å². The van der Waals surface area contributed by atoms with Crippen LogP contribution in [0.2, 0.25) is 0 Å². The third-order valence-corrected chi connectivity index (χ3v) is 3.39. The lowest BCUT2D eigenvalue weighted by molar-refractivity contribution is -0.384. The molecule has 0 atom stereocenters. The van der Waals surface area contributed by atoms with Crippen molar-refractivity contribution < 1.29 is 9.72 Å². The molecule has 0 fully saturated rings. The minimum atomic E-state index is -0.502. The average molecular weight is 257 g/mol. The number of nitro groups is 1. The smallest absolute Gasteiger partial charge is 0.270 e. The number of nitrogens with zero attached hydrogens (tertiary/aromatic N) is 1. The van der Waals surface area contributed by atoms with Crippen molar-refractivity contribution in [2.45, 2.75) is 4.90 Å². The van der Waals surface area contributed by atoms with Crippen LogP contribution < -0.4 is 0 Å². The van der Waals surface area contributed by atoms with Crippen molar-refractivity contribution in [3.05, 3.63) is 57.6 Å². The van der Waals surface area contributed by atoms with Crippen molar-refractivity contribution in [2.75, 3.05) is 0 Å². The van der Waals surface area contributed by atoms with Crippen LogP contribution in [0.5, 0.6) is 0 Å². The monoisotopic (exact) mass is 257 g/mol. The molecule has 4 nitrogen and oxygen atoms in total. The Kier molecular flexibility index (Phi) is 2.24. The molecule has 0 N–H and O–H groups in total. The van der Waals surface area contributed by atoms with Crippen molar-refractivity contribution in [1.82, 2.24) is 0 Å². The predicted molar refractivity (Wildman–Crippen MR) is 69.2 cm³/mol. The molecule has 18 heavy (non-hydrogen) atoms. The zero-order valence-corrected chi connectivity index (χ0v) is 9.98. The number of nitro benzene ring substituents is 1. The van der Waals surface area contributed by atoms with Crippen LogP contribution in [0.25, 0.3) is 11.1 Å². The summed E-state index contributed by atoms with van der Waals surface area (Å²) in [6.45, 7) is 0. The van der Waals surface area contributed by atoms with Gasteiger partial charge in [-0.25, -0.2) is 0 Å². The Labute approximate surface area is 108 Å². The van der Waals surface area contributed by atoms with Gasteiger partial charge in [-0.1, -0.05) is 12.1 Å². The van der Waals surface area contributed by atoms with Gasteiger partial charge in [-0.15, -0.1) is 12.6 Å². The van der Waals surface area contributed by atoms with Crippen LogP contribution in [-0.2, 0) is 0 Å². The fourth-order valence-electron chi connectivity index (χ4n) is 2.21. The lowest BCUT2D eigenvalue weighted by atomic mass is 10.1. The van der Waals surface area contributed by atoms with Gasteiger partial charge in [0.25, 0.3) is 5.69 Å². The second kappa shape index (κ2) is 3.68. The van der Waals surface area contributed by atoms with Crippen LogP contribution in [0.4, 0.5) is 5.69 Å². The second-order valence-electron chi connectivity index (χ2n) is 4.02. The first-order valence-corrected chi connectivity index (χ1v) is 5.70. The summed E-state index contributed by atoms with van der Waals surface area (Å²) in [5.74, 6) is -0.181. The Morgan fingerprint density at radius 3 is 2.56 bits per heavy atom. The van der Waals surface area contributed by atoms with Crippen molar-refractivity contribution >= 4 is 24.1 Å². The van der Waals surface area contributed by atoms with Gasteiger partial charge in [0.05, 0.1) is 4.92 Å². The van der Waals surface area contributed by atoms with Gasteiger partial charge in [-0.3, -0.25) is 14.9 Å². The molecule has 0 radical (unpaired) electrons. The van der Waals surface area contributed by atoms with E-state index in [2.05, 4.69) is 12.6 Å². The molecule has 2 aromatic rings. The number of fused-ring (bicyclic) bond motifs is 3. The molecule has 3 rings (SSSR count). The Morgan fingerprint density at radius 1 is 1.06 bits per heavy atom. The van der Waals surface area contributed by atoms with E-state index >= 15 is 0 Å². The van der Waals surface area contributed by atoms with Gasteiger partial charge < -0.3 is 0 Å². The van der Waals surface area contributed by atoms with Crippen LogP contribution in [-0.4, -0.2) is 10.7 Å². The number of carbonyl (C=O) groups excluding carboxylic acids is 1. The summed E-state index contributed by atoms with van der Waals surface area (Å²) in [6, 6.07) is 9.59. The number of hydrogen-bond acceptors (Lipinski definition) is 4. The Hall–Kier alpha value is -2.14. The summed E-state index contributed by atoms with van der Waals surface area (Å²) in [4.78, 5) is 23.1. The minimum absolute atomic E-state index is 0.0735. The molecular weight excluding hydrogens is 250 g/mol. The molecule has 0 heterocycles. The maximum absolute atomic E-state index is 12.2. The molecule has 1 aliphatic carbocycles. The summed E-state index contributed by atoms with van der Waals surface area (Å²) < 4.78 is 0. The standard InChI is InChI=1S/C13H7NO3S/c15-13-9-2-1-3-11(18)12(9)8-5-4-7(14(16)17)6-10(8)13/h1-6,18H. The Bertz CT molecular complexity index is 709. The van der Waals surface area contributed by atoms with Gasteiger partial charge in [-0.2, -0.15) is 0 Å². The average Bonchev–Trinajstić information content (AvgIpc) is 2.64. The fourth-order valence-corrected chi connectivity index (χ4v) is 2.54. The third-order valence-electron chi connectivity index (χ3n) is 3.02. The quantitative estimate of drug-likeness (QED) is 0.414. The van der Waals surface area contributed by atoms with Gasteiger partial charge in [0.15, 0.2) is 5.78 Å². The van der Waals surface area contributed by atoms with E-state index in [-0.39, 0.29) is 11.5 Å². The first kappa shape index (κ1) is 11.0. The lowest BCUT2D eigenvalue weighted by Gasteiger charge is -2.02. The van der Waals surface area contributed by atoms with Crippen LogP contribution in [0, 0.1) is 10.1 Å². The number of thiol groups is 1. The highest BCUT2D eigenvalue weighted by molar-refractivity contribution is 7.80. The Balaban J connectivity index is 2.31. The normalized spacial score (nSPS) is 12.2. The number of carbonyl (C=O) groups is 1. The van der Waals surface area contributed by atoms with E-state index in [1.807, 2.05) is 0 Å². The zero-order valence-electron chi connectivity index (χ0n) is 9.08. The van der Waals surface area contributed by atoms with E-state index in [4.69, 9.17) is 0 Å². The molecular formula is C13H7NO3S. The number of benzene rings is 2. The van der Waals surface area contributed by atoms with Crippen LogP contribution >= 0.6 is 12.6 Å². The SMILES string of the molecule is O=C1c2cc([N+](=O)[O-])ccc2-c2c(S)cccc21. The summed E-state index contributed by atoms with van der Waals surface area (Å²) in [7, 11) is 0. The number of ketones is 1. The van der Waals surface area contributed by atoms with Crippen molar-refractivity contribution in [3.63, 3.8) is 0 Å². The molecule has 0 aromatic heterocycles. The highest BCUT2D eigenvalue weighted by Crippen LogP contribution is 2.41. The third kappa shape index (κ3) is 1.37. The van der Waals surface area contributed by atoms with Crippen molar-refractivity contribution in [3.8, 4) is 11.1 Å². The van der Waals surface area contributed by atoms with Crippen molar-refractivity contribution in [2.24, 2.45) is 0 Å². The van der Waals surface area contributed by atoms with Gasteiger partial charge in [0.1, 0.15) is 0 Å².